The topological polar surface area (TPSA) is 37.3 Å². The summed E-state index contributed by atoms with van der Waals surface area (Å²) in [6.45, 7) is 2.20. The highest BCUT2D eigenvalue weighted by Gasteiger charge is 1.93. The van der Waals surface area contributed by atoms with Crippen molar-refractivity contribution in [3.63, 3.8) is 0 Å². The van der Waals surface area contributed by atoms with Gasteiger partial charge in [0, 0.05) is 19.3 Å². The highest BCUT2D eigenvalue weighted by Crippen LogP contribution is 2.01. The van der Waals surface area contributed by atoms with Crippen molar-refractivity contribution in [2.75, 3.05) is 0 Å². The molecule has 0 bridgehead atoms. The van der Waals surface area contributed by atoms with Crippen LogP contribution in [0.4, 0.5) is 0 Å². The average Bonchev–Trinajstić information content (AvgIpc) is 2.43. The van der Waals surface area contributed by atoms with Crippen molar-refractivity contribution in [2.24, 2.45) is 0 Å². The van der Waals surface area contributed by atoms with E-state index in [0.717, 1.165) is 38.5 Å². The van der Waals surface area contributed by atoms with Gasteiger partial charge in [0.2, 0.25) is 0 Å². The molecule has 0 atom stereocenters. The van der Waals surface area contributed by atoms with Gasteiger partial charge in [-0.2, -0.15) is 0 Å². The smallest absolute Gasteiger partial charge is 0.303 e. The van der Waals surface area contributed by atoms with E-state index in [2.05, 4.69) is 43.1 Å². The third-order valence-electron chi connectivity index (χ3n) is 2.87. The van der Waals surface area contributed by atoms with Crippen LogP contribution in [0.2, 0.25) is 0 Å². The molecule has 2 nitrogen and oxygen atoms in total. The van der Waals surface area contributed by atoms with E-state index in [-0.39, 0.29) is 6.42 Å². The van der Waals surface area contributed by atoms with Crippen LogP contribution in [0.3, 0.4) is 0 Å². The molecular formula is C18H28O2. The standard InChI is InChI=1S/C18H28O2/c1-2-3-4-5-6-7-8-9-10-11-12-13-14-15-16-17-18(19)20/h9-10,12-13H,2-5,8,11,14-17H2,1H3,(H,19,20)/b10-9+,13-12+. The average molecular weight is 276 g/mol. The summed E-state index contributed by atoms with van der Waals surface area (Å²) < 4.78 is 0. The van der Waals surface area contributed by atoms with Gasteiger partial charge in [-0.3, -0.25) is 4.79 Å². The maximum Gasteiger partial charge on any atom is 0.303 e. The summed E-state index contributed by atoms with van der Waals surface area (Å²) in [5.74, 6) is 5.64. The summed E-state index contributed by atoms with van der Waals surface area (Å²) in [5, 5.41) is 8.48. The number of carboxylic acids is 1. The summed E-state index contributed by atoms with van der Waals surface area (Å²) >= 11 is 0. The van der Waals surface area contributed by atoms with E-state index in [4.69, 9.17) is 5.11 Å². The minimum Gasteiger partial charge on any atom is -0.481 e. The van der Waals surface area contributed by atoms with Gasteiger partial charge in [0.05, 0.1) is 0 Å². The monoisotopic (exact) mass is 276 g/mol. The summed E-state index contributed by atoms with van der Waals surface area (Å²) in [7, 11) is 0. The van der Waals surface area contributed by atoms with Crippen molar-refractivity contribution in [1.29, 1.82) is 0 Å². The maximum absolute atomic E-state index is 10.3. The molecule has 112 valence electrons. The third-order valence-corrected chi connectivity index (χ3v) is 2.87. The molecule has 0 fully saturated rings. The molecule has 0 aliphatic rings. The molecule has 0 saturated carbocycles. The molecule has 2 heteroatoms. The van der Waals surface area contributed by atoms with Crippen LogP contribution in [0.1, 0.15) is 71.1 Å². The first-order valence-electron chi connectivity index (χ1n) is 7.75. The molecule has 0 aromatic heterocycles. The van der Waals surface area contributed by atoms with Crippen molar-refractivity contribution in [1.82, 2.24) is 0 Å². The maximum atomic E-state index is 10.3. The molecule has 0 amide bonds. The van der Waals surface area contributed by atoms with Crippen molar-refractivity contribution in [3.05, 3.63) is 24.3 Å². The number of carboxylic acid groups (broad SMARTS) is 1. The first-order chi connectivity index (χ1) is 9.77. The molecule has 0 spiro atoms. The summed E-state index contributed by atoms with van der Waals surface area (Å²) in [5.41, 5.74) is 0. The molecular weight excluding hydrogens is 248 g/mol. The Bertz CT molecular complexity index is 342. The molecule has 0 saturated heterocycles. The molecule has 0 unspecified atom stereocenters. The van der Waals surface area contributed by atoms with E-state index >= 15 is 0 Å². The van der Waals surface area contributed by atoms with Gasteiger partial charge in [-0.15, -0.1) is 5.92 Å². The van der Waals surface area contributed by atoms with Crippen molar-refractivity contribution < 1.29 is 9.90 Å². The van der Waals surface area contributed by atoms with Crippen LogP contribution in [0.15, 0.2) is 24.3 Å². The van der Waals surface area contributed by atoms with E-state index in [0.29, 0.717) is 0 Å². The second-order valence-corrected chi connectivity index (χ2v) is 4.83. The zero-order valence-corrected chi connectivity index (χ0v) is 12.7. The van der Waals surface area contributed by atoms with Gasteiger partial charge >= 0.3 is 5.97 Å². The largest absolute Gasteiger partial charge is 0.481 e. The fourth-order valence-electron chi connectivity index (χ4n) is 1.69. The summed E-state index contributed by atoms with van der Waals surface area (Å²) in [6, 6.07) is 0. The van der Waals surface area contributed by atoms with Crippen molar-refractivity contribution >= 4 is 5.97 Å². The number of allylic oxidation sites excluding steroid dienone is 4. The summed E-state index contributed by atoms with van der Waals surface area (Å²) in [6.07, 6.45) is 18.0. The molecule has 0 aromatic rings. The number of rotatable bonds is 11. The van der Waals surface area contributed by atoms with Gasteiger partial charge in [0.1, 0.15) is 0 Å². The predicted molar refractivity (Wildman–Crippen MR) is 85.5 cm³/mol. The zero-order valence-electron chi connectivity index (χ0n) is 12.7. The van der Waals surface area contributed by atoms with E-state index < -0.39 is 5.97 Å². The van der Waals surface area contributed by atoms with Crippen LogP contribution < -0.4 is 0 Å². The Kier molecular flexibility index (Phi) is 14.4. The Morgan fingerprint density at radius 1 is 1.00 bits per heavy atom. The second-order valence-electron chi connectivity index (χ2n) is 4.83. The third kappa shape index (κ3) is 16.5. The van der Waals surface area contributed by atoms with Crippen molar-refractivity contribution in [3.8, 4) is 11.8 Å². The lowest BCUT2D eigenvalue weighted by Crippen LogP contribution is -1.92. The number of carbonyl (C=O) groups is 1. The first-order valence-corrected chi connectivity index (χ1v) is 7.75. The van der Waals surface area contributed by atoms with Crippen LogP contribution in [-0.2, 0) is 4.79 Å². The Labute approximate surface area is 124 Å². The molecule has 1 N–H and O–H groups in total. The van der Waals surface area contributed by atoms with Gasteiger partial charge in [-0.1, -0.05) is 50.0 Å². The fourth-order valence-corrected chi connectivity index (χ4v) is 1.69. The van der Waals surface area contributed by atoms with Crippen LogP contribution in [0.5, 0.6) is 0 Å². The van der Waals surface area contributed by atoms with Crippen molar-refractivity contribution in [2.45, 2.75) is 71.1 Å². The number of hydrogen-bond donors (Lipinski definition) is 1. The van der Waals surface area contributed by atoms with Gasteiger partial charge < -0.3 is 5.11 Å². The minimum absolute atomic E-state index is 0.282. The molecule has 0 aromatic carbocycles. The fraction of sp³-hybridized carbons (Fsp3) is 0.611. The van der Waals surface area contributed by atoms with Gasteiger partial charge in [0.25, 0.3) is 0 Å². The summed E-state index contributed by atoms with van der Waals surface area (Å²) in [4.78, 5) is 10.3. The second kappa shape index (κ2) is 15.6. The minimum atomic E-state index is -0.701. The Hall–Kier alpha value is -1.49. The molecule has 0 radical (unpaired) electrons. The van der Waals surface area contributed by atoms with E-state index in [1.165, 1.54) is 19.3 Å². The molecule has 0 heterocycles. The molecule has 0 rings (SSSR count). The zero-order chi connectivity index (χ0) is 14.9. The normalized spacial score (nSPS) is 10.8. The van der Waals surface area contributed by atoms with Gasteiger partial charge in [0.15, 0.2) is 0 Å². The van der Waals surface area contributed by atoms with E-state index in [1.54, 1.807) is 0 Å². The van der Waals surface area contributed by atoms with Crippen LogP contribution in [0.25, 0.3) is 0 Å². The molecule has 20 heavy (non-hydrogen) atoms. The molecule has 0 aliphatic carbocycles. The Morgan fingerprint density at radius 2 is 1.80 bits per heavy atom. The SMILES string of the molecule is CCCCCC#CC/C=C/C/C=C/CCCCC(=O)O. The van der Waals surface area contributed by atoms with Crippen LogP contribution in [0, 0.1) is 11.8 Å². The molecule has 0 aliphatic heterocycles. The lowest BCUT2D eigenvalue weighted by Gasteiger charge is -1.92. The van der Waals surface area contributed by atoms with Crippen LogP contribution >= 0.6 is 0 Å². The van der Waals surface area contributed by atoms with Crippen LogP contribution in [-0.4, -0.2) is 11.1 Å². The number of unbranched alkanes of at least 4 members (excludes halogenated alkanes) is 5. The van der Waals surface area contributed by atoms with E-state index in [1.807, 2.05) is 0 Å². The van der Waals surface area contributed by atoms with Gasteiger partial charge in [-0.25, -0.2) is 0 Å². The lowest BCUT2D eigenvalue weighted by molar-refractivity contribution is -0.137. The number of hydrogen-bond acceptors (Lipinski definition) is 1. The Balaban J connectivity index is 3.36. The lowest BCUT2D eigenvalue weighted by atomic mass is 10.2. The highest BCUT2D eigenvalue weighted by atomic mass is 16.4. The first kappa shape index (κ1) is 18.5. The number of aliphatic carboxylic acids is 1. The highest BCUT2D eigenvalue weighted by molar-refractivity contribution is 5.66. The predicted octanol–water partition coefficient (Wildman–Crippen LogP) is 5.11. The van der Waals surface area contributed by atoms with E-state index in [9.17, 15) is 4.79 Å². The quantitative estimate of drug-likeness (QED) is 0.323. The van der Waals surface area contributed by atoms with Gasteiger partial charge in [-0.05, 0) is 32.1 Å². The Morgan fingerprint density at radius 3 is 2.55 bits per heavy atom.